The normalized spacial score (nSPS) is 23.9. The number of aliphatic hydroxyl groups excluding tert-OH is 1. The van der Waals surface area contributed by atoms with Crippen molar-refractivity contribution in [3.8, 4) is 0 Å². The summed E-state index contributed by atoms with van der Waals surface area (Å²) in [5.74, 6) is 0. The monoisotopic (exact) mass is 260 g/mol. The zero-order valence-corrected chi connectivity index (χ0v) is 10.9. The maximum atomic E-state index is 10.7. The van der Waals surface area contributed by atoms with Gasteiger partial charge in [-0.1, -0.05) is 24.3 Å². The maximum Gasteiger partial charge on any atom is 0.101 e. The second-order valence-electron chi connectivity index (χ2n) is 4.82. The Morgan fingerprint density at radius 3 is 3.00 bits per heavy atom. The number of fused-ring (bicyclic) bond motifs is 1. The molecule has 3 N–H and O–H groups in total. The van der Waals surface area contributed by atoms with Crippen molar-refractivity contribution in [3.05, 3.63) is 52.0 Å². The van der Waals surface area contributed by atoms with Crippen LogP contribution in [0.25, 0.3) is 0 Å². The molecule has 0 aliphatic heterocycles. The van der Waals surface area contributed by atoms with Crippen LogP contribution in [0.4, 0.5) is 0 Å². The third kappa shape index (κ3) is 1.61. The zero-order valence-electron chi connectivity index (χ0n) is 10.0. The lowest BCUT2D eigenvalue weighted by atomic mass is 9.76. The summed E-state index contributed by atoms with van der Waals surface area (Å²) in [4.78, 5) is 4.95. The molecule has 3 rings (SSSR count). The van der Waals surface area contributed by atoms with E-state index in [4.69, 9.17) is 5.73 Å². The number of aliphatic hydroxyl groups is 1. The van der Waals surface area contributed by atoms with E-state index in [0.717, 1.165) is 17.7 Å². The summed E-state index contributed by atoms with van der Waals surface area (Å²) in [5.41, 5.74) is 9.94. The second-order valence-corrected chi connectivity index (χ2v) is 5.74. The molecule has 3 nitrogen and oxygen atoms in total. The smallest absolute Gasteiger partial charge is 0.101 e. The molecule has 0 saturated carbocycles. The van der Waals surface area contributed by atoms with E-state index >= 15 is 0 Å². The molecule has 2 aromatic rings. The Hall–Kier alpha value is -1.23. The highest BCUT2D eigenvalue weighted by molar-refractivity contribution is 7.09. The van der Waals surface area contributed by atoms with Gasteiger partial charge in [0.2, 0.25) is 0 Å². The van der Waals surface area contributed by atoms with Gasteiger partial charge in [0.15, 0.2) is 0 Å². The van der Waals surface area contributed by atoms with E-state index in [1.54, 1.807) is 11.7 Å². The molecule has 0 fully saturated rings. The van der Waals surface area contributed by atoms with Crippen molar-refractivity contribution < 1.29 is 5.11 Å². The average Bonchev–Trinajstić information content (AvgIpc) is 3.06. The van der Waals surface area contributed by atoms with E-state index in [9.17, 15) is 5.11 Å². The summed E-state index contributed by atoms with van der Waals surface area (Å²) in [6.07, 6.45) is 3.08. The number of thiazole rings is 1. The van der Waals surface area contributed by atoms with Crippen LogP contribution in [-0.4, -0.2) is 16.6 Å². The summed E-state index contributed by atoms with van der Waals surface area (Å²) < 4.78 is 0. The SMILES string of the molecule is NCC1(C(O)c2cncs2)CCc2ccccc21. The Labute approximate surface area is 110 Å². The van der Waals surface area contributed by atoms with Gasteiger partial charge in [0.1, 0.15) is 6.10 Å². The first-order valence-corrected chi connectivity index (χ1v) is 7.01. The van der Waals surface area contributed by atoms with E-state index in [0.29, 0.717) is 6.54 Å². The minimum atomic E-state index is -0.557. The van der Waals surface area contributed by atoms with Crippen LogP contribution in [0.3, 0.4) is 0 Å². The molecule has 0 spiro atoms. The first-order valence-electron chi connectivity index (χ1n) is 6.13. The van der Waals surface area contributed by atoms with Gasteiger partial charge in [-0.2, -0.15) is 0 Å². The number of hydrogen-bond acceptors (Lipinski definition) is 4. The van der Waals surface area contributed by atoms with Crippen molar-refractivity contribution in [1.82, 2.24) is 4.98 Å². The third-order valence-corrected chi connectivity index (χ3v) is 4.83. The number of nitrogens with two attached hydrogens (primary N) is 1. The molecule has 1 aromatic carbocycles. The number of hydrogen-bond donors (Lipinski definition) is 2. The van der Waals surface area contributed by atoms with Crippen LogP contribution in [0, 0.1) is 0 Å². The van der Waals surface area contributed by atoms with Crippen LogP contribution >= 0.6 is 11.3 Å². The molecule has 94 valence electrons. The molecule has 4 heteroatoms. The van der Waals surface area contributed by atoms with Crippen LogP contribution in [0.5, 0.6) is 0 Å². The highest BCUT2D eigenvalue weighted by Gasteiger charge is 2.44. The van der Waals surface area contributed by atoms with Gasteiger partial charge in [0.05, 0.1) is 10.4 Å². The minimum Gasteiger partial charge on any atom is -0.387 e. The molecule has 0 amide bonds. The van der Waals surface area contributed by atoms with Crippen molar-refractivity contribution in [2.45, 2.75) is 24.4 Å². The van der Waals surface area contributed by atoms with Crippen LogP contribution in [0.2, 0.25) is 0 Å². The largest absolute Gasteiger partial charge is 0.387 e. The predicted octanol–water partition coefficient (Wildman–Crippen LogP) is 2.02. The number of aryl methyl sites for hydroxylation is 1. The molecule has 1 aromatic heterocycles. The molecule has 18 heavy (non-hydrogen) atoms. The lowest BCUT2D eigenvalue weighted by Crippen LogP contribution is -2.38. The van der Waals surface area contributed by atoms with Crippen LogP contribution in [0.1, 0.15) is 28.5 Å². The maximum absolute atomic E-state index is 10.7. The lowest BCUT2D eigenvalue weighted by Gasteiger charge is -2.33. The van der Waals surface area contributed by atoms with Gasteiger partial charge in [0, 0.05) is 18.2 Å². The van der Waals surface area contributed by atoms with Crippen molar-refractivity contribution in [2.75, 3.05) is 6.54 Å². The van der Waals surface area contributed by atoms with Crippen molar-refractivity contribution in [2.24, 2.45) is 5.73 Å². The molecule has 1 aliphatic carbocycles. The summed E-state index contributed by atoms with van der Waals surface area (Å²) in [6.45, 7) is 0.461. The molecule has 2 atom stereocenters. The van der Waals surface area contributed by atoms with E-state index in [2.05, 4.69) is 17.1 Å². The van der Waals surface area contributed by atoms with E-state index in [1.807, 2.05) is 12.1 Å². The summed E-state index contributed by atoms with van der Waals surface area (Å²) in [6, 6.07) is 8.30. The molecular weight excluding hydrogens is 244 g/mol. The van der Waals surface area contributed by atoms with Gasteiger partial charge in [0.25, 0.3) is 0 Å². The van der Waals surface area contributed by atoms with E-state index < -0.39 is 6.10 Å². The van der Waals surface area contributed by atoms with Gasteiger partial charge < -0.3 is 10.8 Å². The van der Waals surface area contributed by atoms with Crippen LogP contribution in [-0.2, 0) is 11.8 Å². The van der Waals surface area contributed by atoms with Gasteiger partial charge in [-0.15, -0.1) is 11.3 Å². The van der Waals surface area contributed by atoms with Crippen molar-refractivity contribution in [1.29, 1.82) is 0 Å². The number of nitrogens with zero attached hydrogens (tertiary/aromatic N) is 1. The molecular formula is C14H16N2OS. The fourth-order valence-corrected chi connectivity index (χ4v) is 3.68. The van der Waals surface area contributed by atoms with Crippen molar-refractivity contribution in [3.63, 3.8) is 0 Å². The fraction of sp³-hybridized carbons (Fsp3) is 0.357. The van der Waals surface area contributed by atoms with E-state index in [1.165, 1.54) is 22.5 Å². The Morgan fingerprint density at radius 1 is 1.44 bits per heavy atom. The first-order chi connectivity index (χ1) is 8.78. The first kappa shape index (κ1) is 11.8. The molecule has 0 bridgehead atoms. The lowest BCUT2D eigenvalue weighted by molar-refractivity contribution is 0.0871. The zero-order chi connectivity index (χ0) is 12.6. The summed E-state index contributed by atoms with van der Waals surface area (Å²) in [5, 5.41) is 10.7. The fourth-order valence-electron chi connectivity index (χ4n) is 2.96. The second kappa shape index (κ2) is 4.46. The molecule has 1 heterocycles. The number of aromatic nitrogens is 1. The topological polar surface area (TPSA) is 59.1 Å². The molecule has 2 unspecified atom stereocenters. The number of benzene rings is 1. The van der Waals surface area contributed by atoms with Gasteiger partial charge >= 0.3 is 0 Å². The third-order valence-electron chi connectivity index (χ3n) is 4.00. The molecule has 1 aliphatic rings. The predicted molar refractivity (Wildman–Crippen MR) is 72.6 cm³/mol. The number of rotatable bonds is 3. The van der Waals surface area contributed by atoms with E-state index in [-0.39, 0.29) is 5.41 Å². The average molecular weight is 260 g/mol. The summed E-state index contributed by atoms with van der Waals surface area (Å²) >= 11 is 1.49. The molecule has 0 radical (unpaired) electrons. The Morgan fingerprint density at radius 2 is 2.28 bits per heavy atom. The summed E-state index contributed by atoms with van der Waals surface area (Å²) in [7, 11) is 0. The van der Waals surface area contributed by atoms with Gasteiger partial charge in [-0.05, 0) is 24.0 Å². The van der Waals surface area contributed by atoms with Gasteiger partial charge in [-0.25, -0.2) is 0 Å². The quantitative estimate of drug-likeness (QED) is 0.887. The Balaban J connectivity index is 2.07. The Kier molecular flexibility index (Phi) is 2.93. The standard InChI is InChI=1S/C14H16N2OS/c15-8-14(13(17)12-7-16-9-18-12)6-5-10-3-1-2-4-11(10)14/h1-4,7,9,13,17H,5-6,8,15H2. The minimum absolute atomic E-state index is 0.344. The molecule has 0 saturated heterocycles. The van der Waals surface area contributed by atoms with Crippen LogP contribution < -0.4 is 5.73 Å². The highest BCUT2D eigenvalue weighted by atomic mass is 32.1. The van der Waals surface area contributed by atoms with Gasteiger partial charge in [-0.3, -0.25) is 4.98 Å². The highest BCUT2D eigenvalue weighted by Crippen LogP contribution is 2.47. The van der Waals surface area contributed by atoms with Crippen LogP contribution in [0.15, 0.2) is 36.0 Å². The Bertz CT molecular complexity index is 540. The van der Waals surface area contributed by atoms with Crippen molar-refractivity contribution >= 4 is 11.3 Å².